The highest BCUT2D eigenvalue weighted by Crippen LogP contribution is 2.26. The van der Waals surface area contributed by atoms with Crippen molar-refractivity contribution in [1.82, 2.24) is 5.32 Å². The molecular formula is C13H20N2O. The highest BCUT2D eigenvalue weighted by atomic mass is 16.5. The van der Waals surface area contributed by atoms with E-state index < -0.39 is 0 Å². The second-order valence-electron chi connectivity index (χ2n) is 4.41. The molecule has 2 unspecified atom stereocenters. The smallest absolute Gasteiger partial charge is 0.118 e. The Bertz CT molecular complexity index is 317. The lowest BCUT2D eigenvalue weighted by Gasteiger charge is -2.28. The van der Waals surface area contributed by atoms with Crippen LogP contribution in [0.2, 0.25) is 0 Å². The van der Waals surface area contributed by atoms with Crippen LogP contribution in [-0.4, -0.2) is 20.2 Å². The van der Waals surface area contributed by atoms with E-state index in [-0.39, 0.29) is 6.04 Å². The third-order valence-corrected chi connectivity index (χ3v) is 3.34. The molecule has 1 aromatic carbocycles. The van der Waals surface area contributed by atoms with Gasteiger partial charge in [-0.15, -0.1) is 0 Å². The number of ether oxygens (including phenoxy) is 1. The predicted octanol–water partition coefficient (Wildman–Crippen LogP) is 1.69. The van der Waals surface area contributed by atoms with Crippen LogP contribution in [0.3, 0.4) is 0 Å². The van der Waals surface area contributed by atoms with E-state index in [4.69, 9.17) is 10.5 Å². The summed E-state index contributed by atoms with van der Waals surface area (Å²) < 4.78 is 5.14. The highest BCUT2D eigenvalue weighted by molar-refractivity contribution is 5.29. The van der Waals surface area contributed by atoms with Crippen molar-refractivity contribution in [2.24, 2.45) is 11.7 Å². The fraction of sp³-hybridized carbons (Fsp3) is 0.538. The summed E-state index contributed by atoms with van der Waals surface area (Å²) in [5.41, 5.74) is 7.48. The summed E-state index contributed by atoms with van der Waals surface area (Å²) >= 11 is 0. The summed E-state index contributed by atoms with van der Waals surface area (Å²) in [7, 11) is 1.68. The number of methoxy groups -OCH3 is 1. The molecule has 3 N–H and O–H groups in total. The highest BCUT2D eigenvalue weighted by Gasteiger charge is 2.21. The average Bonchev–Trinajstić information content (AvgIpc) is 2.39. The van der Waals surface area contributed by atoms with E-state index in [1.807, 2.05) is 12.1 Å². The topological polar surface area (TPSA) is 47.3 Å². The lowest BCUT2D eigenvalue weighted by molar-refractivity contribution is 0.326. The van der Waals surface area contributed by atoms with Crippen LogP contribution in [0, 0.1) is 5.92 Å². The van der Waals surface area contributed by atoms with E-state index in [9.17, 15) is 0 Å². The number of rotatable bonds is 3. The first kappa shape index (κ1) is 11.4. The Hall–Kier alpha value is -1.06. The Morgan fingerprint density at radius 2 is 2.12 bits per heavy atom. The Kier molecular flexibility index (Phi) is 3.80. The molecule has 16 heavy (non-hydrogen) atoms. The van der Waals surface area contributed by atoms with Crippen LogP contribution in [0.15, 0.2) is 24.3 Å². The second-order valence-corrected chi connectivity index (χ2v) is 4.41. The summed E-state index contributed by atoms with van der Waals surface area (Å²) in [5, 5.41) is 3.40. The van der Waals surface area contributed by atoms with Crippen LogP contribution < -0.4 is 15.8 Å². The normalized spacial score (nSPS) is 22.8. The molecule has 1 saturated heterocycles. The molecule has 0 aromatic heterocycles. The van der Waals surface area contributed by atoms with Crippen LogP contribution in [-0.2, 0) is 0 Å². The largest absolute Gasteiger partial charge is 0.497 e. The molecule has 0 bridgehead atoms. The summed E-state index contributed by atoms with van der Waals surface area (Å²) in [4.78, 5) is 0. The molecule has 1 heterocycles. The van der Waals surface area contributed by atoms with Crippen molar-refractivity contribution in [1.29, 1.82) is 0 Å². The number of nitrogens with one attached hydrogen (secondary N) is 1. The van der Waals surface area contributed by atoms with Gasteiger partial charge in [0.25, 0.3) is 0 Å². The van der Waals surface area contributed by atoms with Gasteiger partial charge in [-0.25, -0.2) is 0 Å². The molecule has 3 nitrogen and oxygen atoms in total. The van der Waals surface area contributed by atoms with Crippen LogP contribution in [0.5, 0.6) is 5.75 Å². The molecule has 2 rings (SSSR count). The molecule has 0 amide bonds. The zero-order valence-electron chi connectivity index (χ0n) is 9.78. The van der Waals surface area contributed by atoms with Crippen molar-refractivity contribution < 1.29 is 4.74 Å². The van der Waals surface area contributed by atoms with Gasteiger partial charge in [0, 0.05) is 6.04 Å². The SMILES string of the molecule is COc1ccc(C(N)C2CCCNC2)cc1. The first-order valence-corrected chi connectivity index (χ1v) is 5.91. The Morgan fingerprint density at radius 1 is 1.38 bits per heavy atom. The van der Waals surface area contributed by atoms with Crippen molar-refractivity contribution in [3.63, 3.8) is 0 Å². The van der Waals surface area contributed by atoms with E-state index in [2.05, 4.69) is 17.4 Å². The Labute approximate surface area is 97.0 Å². The minimum absolute atomic E-state index is 0.138. The fourth-order valence-electron chi connectivity index (χ4n) is 2.28. The van der Waals surface area contributed by atoms with Crippen molar-refractivity contribution in [2.45, 2.75) is 18.9 Å². The van der Waals surface area contributed by atoms with Crippen LogP contribution >= 0.6 is 0 Å². The van der Waals surface area contributed by atoms with Gasteiger partial charge in [0.1, 0.15) is 5.75 Å². The maximum atomic E-state index is 6.28. The van der Waals surface area contributed by atoms with Gasteiger partial charge in [-0.3, -0.25) is 0 Å². The Balaban J connectivity index is 2.04. The third kappa shape index (κ3) is 2.54. The first-order chi connectivity index (χ1) is 7.81. The molecule has 1 fully saturated rings. The van der Waals surface area contributed by atoms with Gasteiger partial charge in [0.05, 0.1) is 7.11 Å². The molecule has 0 radical (unpaired) electrons. The van der Waals surface area contributed by atoms with Crippen molar-refractivity contribution in [3.8, 4) is 5.75 Å². The van der Waals surface area contributed by atoms with Crippen molar-refractivity contribution in [2.75, 3.05) is 20.2 Å². The molecule has 2 atom stereocenters. The molecule has 1 aliphatic heterocycles. The summed E-state index contributed by atoms with van der Waals surface area (Å²) in [6, 6.07) is 8.23. The summed E-state index contributed by atoms with van der Waals surface area (Å²) in [6.45, 7) is 2.17. The summed E-state index contributed by atoms with van der Waals surface area (Å²) in [6.07, 6.45) is 2.45. The monoisotopic (exact) mass is 220 g/mol. The number of hydrogen-bond acceptors (Lipinski definition) is 3. The fourth-order valence-corrected chi connectivity index (χ4v) is 2.28. The first-order valence-electron chi connectivity index (χ1n) is 5.91. The molecule has 1 aromatic rings. The van der Waals surface area contributed by atoms with Gasteiger partial charge in [0.2, 0.25) is 0 Å². The maximum absolute atomic E-state index is 6.28. The van der Waals surface area contributed by atoms with Crippen LogP contribution in [0.1, 0.15) is 24.4 Å². The van der Waals surface area contributed by atoms with E-state index in [1.165, 1.54) is 18.4 Å². The van der Waals surface area contributed by atoms with Crippen LogP contribution in [0.25, 0.3) is 0 Å². The average molecular weight is 220 g/mol. The van der Waals surface area contributed by atoms with Crippen LogP contribution in [0.4, 0.5) is 0 Å². The minimum Gasteiger partial charge on any atom is -0.497 e. The van der Waals surface area contributed by atoms with E-state index in [0.717, 1.165) is 18.8 Å². The maximum Gasteiger partial charge on any atom is 0.118 e. The predicted molar refractivity (Wildman–Crippen MR) is 65.5 cm³/mol. The molecule has 88 valence electrons. The van der Waals surface area contributed by atoms with E-state index in [1.54, 1.807) is 7.11 Å². The van der Waals surface area contributed by atoms with Gasteiger partial charge in [-0.05, 0) is 49.5 Å². The number of nitrogens with two attached hydrogens (primary N) is 1. The third-order valence-electron chi connectivity index (χ3n) is 3.34. The lowest BCUT2D eigenvalue weighted by Crippen LogP contribution is -2.36. The molecule has 0 aliphatic carbocycles. The van der Waals surface area contributed by atoms with Gasteiger partial charge in [-0.2, -0.15) is 0 Å². The molecule has 1 aliphatic rings. The standard InChI is InChI=1S/C13H20N2O/c1-16-12-6-4-10(5-7-12)13(14)11-3-2-8-15-9-11/h4-7,11,13,15H,2-3,8-9,14H2,1H3. The zero-order valence-corrected chi connectivity index (χ0v) is 9.78. The number of hydrogen-bond donors (Lipinski definition) is 2. The van der Waals surface area contributed by atoms with Crippen molar-refractivity contribution >= 4 is 0 Å². The molecule has 0 spiro atoms. The van der Waals surface area contributed by atoms with Gasteiger partial charge >= 0.3 is 0 Å². The quantitative estimate of drug-likeness (QED) is 0.815. The Morgan fingerprint density at radius 3 is 2.69 bits per heavy atom. The molecule has 0 saturated carbocycles. The van der Waals surface area contributed by atoms with Gasteiger partial charge < -0.3 is 15.8 Å². The molecular weight excluding hydrogens is 200 g/mol. The van der Waals surface area contributed by atoms with Crippen molar-refractivity contribution in [3.05, 3.63) is 29.8 Å². The lowest BCUT2D eigenvalue weighted by atomic mass is 9.88. The zero-order chi connectivity index (χ0) is 11.4. The number of piperidine rings is 1. The number of benzene rings is 1. The molecule has 3 heteroatoms. The van der Waals surface area contributed by atoms with E-state index in [0.29, 0.717) is 5.92 Å². The van der Waals surface area contributed by atoms with Gasteiger partial charge in [-0.1, -0.05) is 12.1 Å². The second kappa shape index (κ2) is 5.32. The summed E-state index contributed by atoms with van der Waals surface area (Å²) in [5.74, 6) is 1.44. The minimum atomic E-state index is 0.138. The van der Waals surface area contributed by atoms with E-state index >= 15 is 0 Å². The van der Waals surface area contributed by atoms with Gasteiger partial charge in [0.15, 0.2) is 0 Å².